The van der Waals surface area contributed by atoms with Crippen LogP contribution in [0.4, 0.5) is 17.6 Å². The van der Waals surface area contributed by atoms with E-state index in [1.807, 2.05) is 0 Å². The molecule has 1 heterocycles. The van der Waals surface area contributed by atoms with Gasteiger partial charge >= 0.3 is 6.18 Å². The third kappa shape index (κ3) is 4.16. The highest BCUT2D eigenvalue weighted by Crippen LogP contribution is 2.37. The third-order valence-corrected chi connectivity index (χ3v) is 5.03. The molecule has 30 heavy (non-hydrogen) atoms. The monoisotopic (exact) mass is 443 g/mol. The Morgan fingerprint density at radius 2 is 1.80 bits per heavy atom. The number of aromatic nitrogens is 3. The molecule has 0 saturated carbocycles. The van der Waals surface area contributed by atoms with E-state index in [-0.39, 0.29) is 16.7 Å². The zero-order valence-corrected chi connectivity index (χ0v) is 15.7. The predicted molar refractivity (Wildman–Crippen MR) is 96.0 cm³/mol. The first kappa shape index (κ1) is 21.4. The molecule has 0 spiro atoms. The van der Waals surface area contributed by atoms with Crippen LogP contribution in [0.15, 0.2) is 47.5 Å². The van der Waals surface area contributed by atoms with Crippen LogP contribution in [0.2, 0.25) is 0 Å². The molecule has 158 valence electrons. The molecule has 4 N–H and O–H groups in total. The molecule has 2 aromatic carbocycles. The van der Waals surface area contributed by atoms with Crippen LogP contribution in [-0.2, 0) is 27.4 Å². The lowest BCUT2D eigenvalue weighted by Gasteiger charge is -2.17. The maximum Gasteiger partial charge on any atom is 0.436 e. The summed E-state index contributed by atoms with van der Waals surface area (Å²) >= 11 is 0. The number of alkyl halides is 3. The molecule has 1 amide bonds. The minimum absolute atomic E-state index is 0.0107. The molecule has 3 rings (SSSR count). The quantitative estimate of drug-likeness (QED) is 0.580. The first-order chi connectivity index (χ1) is 13.9. The summed E-state index contributed by atoms with van der Waals surface area (Å²) in [5.41, 5.74) is 2.88. The van der Waals surface area contributed by atoms with Gasteiger partial charge < -0.3 is 5.73 Å². The van der Waals surface area contributed by atoms with Crippen LogP contribution in [0.3, 0.4) is 0 Å². The number of hydrogen-bond donors (Lipinski definition) is 2. The maximum absolute atomic E-state index is 14.5. The van der Waals surface area contributed by atoms with E-state index in [2.05, 4.69) is 10.3 Å². The molecule has 8 nitrogen and oxygen atoms in total. The van der Waals surface area contributed by atoms with Crippen molar-refractivity contribution in [3.05, 3.63) is 59.7 Å². The minimum Gasteiger partial charge on any atom is -0.369 e. The molecule has 0 aliphatic carbocycles. The molecule has 0 fully saturated rings. The number of nitrogens with two attached hydrogens (primary N) is 2. The second kappa shape index (κ2) is 7.50. The van der Waals surface area contributed by atoms with Crippen molar-refractivity contribution in [2.45, 2.75) is 17.5 Å². The third-order valence-electron chi connectivity index (χ3n) is 4.05. The number of primary sulfonamides is 1. The van der Waals surface area contributed by atoms with Gasteiger partial charge in [-0.15, -0.1) is 5.10 Å². The molecule has 0 unspecified atom stereocenters. The standard InChI is InChI=1S/C17H13F4N5O3S/c18-11-4-2-1-3-10(11)15-9(7-14(22)27)5-6-12(16(15)30(23,28)29)26-8-13(24-25-26)17(19,20)21/h1-6,8H,7H2,(H2,22,27)(H2,23,28,29). The number of carbonyl (C=O) groups is 1. The van der Waals surface area contributed by atoms with Crippen molar-refractivity contribution in [3.63, 3.8) is 0 Å². The van der Waals surface area contributed by atoms with Crippen molar-refractivity contribution in [2.75, 3.05) is 0 Å². The number of sulfonamides is 1. The molecule has 1 aromatic heterocycles. The van der Waals surface area contributed by atoms with E-state index in [0.29, 0.717) is 10.9 Å². The van der Waals surface area contributed by atoms with Crippen molar-refractivity contribution >= 4 is 15.9 Å². The summed E-state index contributed by atoms with van der Waals surface area (Å²) in [4.78, 5) is 10.7. The average molecular weight is 443 g/mol. The van der Waals surface area contributed by atoms with E-state index in [4.69, 9.17) is 10.9 Å². The summed E-state index contributed by atoms with van der Waals surface area (Å²) in [7, 11) is -4.65. The van der Waals surface area contributed by atoms with Gasteiger partial charge in [-0.2, -0.15) is 13.2 Å². The normalized spacial score (nSPS) is 12.2. The SMILES string of the molecule is NC(=O)Cc1ccc(-n2cc(C(F)(F)F)nn2)c(S(N)(=O)=O)c1-c1ccccc1F. The van der Waals surface area contributed by atoms with Gasteiger partial charge in [0.15, 0.2) is 5.69 Å². The Morgan fingerprint density at radius 1 is 1.13 bits per heavy atom. The van der Waals surface area contributed by atoms with Crippen molar-refractivity contribution in [1.29, 1.82) is 0 Å². The number of benzene rings is 2. The predicted octanol–water partition coefficient (Wildman–Crippen LogP) is 1.77. The van der Waals surface area contributed by atoms with Crippen molar-refractivity contribution in [1.82, 2.24) is 15.0 Å². The molecule has 0 aliphatic rings. The van der Waals surface area contributed by atoms with E-state index >= 15 is 0 Å². The van der Waals surface area contributed by atoms with E-state index < -0.39 is 50.6 Å². The van der Waals surface area contributed by atoms with Gasteiger partial charge in [-0.1, -0.05) is 29.5 Å². The second-order valence-corrected chi connectivity index (χ2v) is 7.66. The van der Waals surface area contributed by atoms with Gasteiger partial charge in [0.25, 0.3) is 0 Å². The molecule has 0 saturated heterocycles. The van der Waals surface area contributed by atoms with Crippen LogP contribution in [0.5, 0.6) is 0 Å². The summed E-state index contributed by atoms with van der Waals surface area (Å²) in [6.45, 7) is 0. The fourth-order valence-electron chi connectivity index (χ4n) is 2.89. The van der Waals surface area contributed by atoms with Gasteiger partial charge in [-0.3, -0.25) is 4.79 Å². The first-order valence-electron chi connectivity index (χ1n) is 8.11. The highest BCUT2D eigenvalue weighted by Gasteiger charge is 2.35. The Kier molecular flexibility index (Phi) is 5.34. The molecular formula is C17H13F4N5O3S. The Morgan fingerprint density at radius 3 is 2.33 bits per heavy atom. The van der Waals surface area contributed by atoms with Crippen LogP contribution >= 0.6 is 0 Å². The number of nitrogens with zero attached hydrogens (tertiary/aromatic N) is 3. The van der Waals surface area contributed by atoms with E-state index in [1.54, 1.807) is 0 Å². The zero-order valence-electron chi connectivity index (χ0n) is 14.9. The van der Waals surface area contributed by atoms with Crippen molar-refractivity contribution in [3.8, 4) is 16.8 Å². The summed E-state index contributed by atoms with van der Waals surface area (Å²) in [6.07, 6.45) is -4.85. The van der Waals surface area contributed by atoms with Gasteiger partial charge in [-0.25, -0.2) is 22.6 Å². The second-order valence-electron chi connectivity index (χ2n) is 6.16. The molecule has 0 aliphatic heterocycles. The molecule has 13 heteroatoms. The summed E-state index contributed by atoms with van der Waals surface area (Å²) in [5.74, 6) is -1.69. The topological polar surface area (TPSA) is 134 Å². The van der Waals surface area contributed by atoms with Gasteiger partial charge in [0.05, 0.1) is 18.3 Å². The Balaban J connectivity index is 2.41. The van der Waals surface area contributed by atoms with E-state index in [9.17, 15) is 30.8 Å². The lowest BCUT2D eigenvalue weighted by Crippen LogP contribution is -2.20. The largest absolute Gasteiger partial charge is 0.436 e. The number of amides is 1. The zero-order chi connectivity index (χ0) is 22.3. The molecule has 3 aromatic rings. The molecular weight excluding hydrogens is 430 g/mol. The fraction of sp³-hybridized carbons (Fsp3) is 0.118. The first-order valence-corrected chi connectivity index (χ1v) is 9.66. The highest BCUT2D eigenvalue weighted by molar-refractivity contribution is 7.89. The number of hydrogen-bond acceptors (Lipinski definition) is 5. The molecule has 0 atom stereocenters. The highest BCUT2D eigenvalue weighted by atomic mass is 32.2. The Labute approximate surface area is 167 Å². The van der Waals surface area contributed by atoms with E-state index in [0.717, 1.165) is 12.1 Å². The van der Waals surface area contributed by atoms with Crippen LogP contribution in [0, 0.1) is 5.82 Å². The summed E-state index contributed by atoms with van der Waals surface area (Å²) < 4.78 is 78.6. The fourth-order valence-corrected chi connectivity index (χ4v) is 3.87. The van der Waals surface area contributed by atoms with Crippen molar-refractivity contribution in [2.24, 2.45) is 10.9 Å². The van der Waals surface area contributed by atoms with Gasteiger partial charge in [0, 0.05) is 11.1 Å². The maximum atomic E-state index is 14.5. The Bertz CT molecular complexity index is 1240. The van der Waals surface area contributed by atoms with Crippen LogP contribution in [0.25, 0.3) is 16.8 Å². The van der Waals surface area contributed by atoms with Crippen LogP contribution in [0.1, 0.15) is 11.3 Å². The lowest BCUT2D eigenvalue weighted by molar-refractivity contribution is -0.141. The van der Waals surface area contributed by atoms with Crippen molar-refractivity contribution < 1.29 is 30.8 Å². The van der Waals surface area contributed by atoms with Gasteiger partial charge in [0.1, 0.15) is 10.7 Å². The van der Waals surface area contributed by atoms with Crippen LogP contribution in [-0.4, -0.2) is 29.3 Å². The van der Waals surface area contributed by atoms with Crippen LogP contribution < -0.4 is 10.9 Å². The Hall–Kier alpha value is -3.32. The number of rotatable bonds is 5. The molecule has 0 bridgehead atoms. The summed E-state index contributed by atoms with van der Waals surface area (Å²) in [6, 6.07) is 7.34. The number of halogens is 4. The minimum atomic E-state index is -4.83. The number of carbonyl (C=O) groups excluding carboxylic acids is 1. The molecule has 0 radical (unpaired) electrons. The van der Waals surface area contributed by atoms with Gasteiger partial charge in [-0.05, 0) is 17.7 Å². The number of primary amides is 1. The smallest absolute Gasteiger partial charge is 0.369 e. The average Bonchev–Trinajstić information content (AvgIpc) is 3.11. The lowest BCUT2D eigenvalue weighted by atomic mass is 9.96. The van der Waals surface area contributed by atoms with E-state index in [1.165, 1.54) is 24.3 Å². The summed E-state index contributed by atoms with van der Waals surface area (Å²) in [5, 5.41) is 11.6. The van der Waals surface area contributed by atoms with Gasteiger partial charge in [0.2, 0.25) is 15.9 Å².